The van der Waals surface area contributed by atoms with Gasteiger partial charge in [-0.3, -0.25) is 9.59 Å². The van der Waals surface area contributed by atoms with E-state index in [0.29, 0.717) is 24.4 Å². The largest absolute Gasteiger partial charge is 0.388 e. The molecule has 1 N–H and O–H groups in total. The van der Waals surface area contributed by atoms with Crippen LogP contribution in [0.15, 0.2) is 72.8 Å². The third kappa shape index (κ3) is 3.09. The van der Waals surface area contributed by atoms with Crippen LogP contribution in [0.5, 0.6) is 0 Å². The normalized spacial score (nSPS) is 28.2. The lowest BCUT2D eigenvalue weighted by Crippen LogP contribution is -2.49. The first kappa shape index (κ1) is 21.9. The average Bonchev–Trinajstić information content (AvgIpc) is 3.35. The minimum absolute atomic E-state index is 0.00336. The summed E-state index contributed by atoms with van der Waals surface area (Å²) in [6.07, 6.45) is 2.71. The third-order valence-corrected chi connectivity index (χ3v) is 8.65. The molecule has 0 aromatic heterocycles. The molecule has 33 heavy (non-hydrogen) atoms. The van der Waals surface area contributed by atoms with Crippen LogP contribution in [0.2, 0.25) is 0 Å². The number of amides is 2. The average molecular weight is 445 g/mol. The van der Waals surface area contributed by atoms with E-state index in [2.05, 4.69) is 20.4 Å². The van der Waals surface area contributed by atoms with Gasteiger partial charge < -0.3 is 5.11 Å². The summed E-state index contributed by atoms with van der Waals surface area (Å²) in [7, 11) is 0. The van der Waals surface area contributed by atoms with Crippen LogP contribution in [0.4, 0.5) is 5.69 Å². The highest BCUT2D eigenvalue weighted by Crippen LogP contribution is 2.70. The van der Waals surface area contributed by atoms with Crippen molar-refractivity contribution in [1.29, 1.82) is 0 Å². The van der Waals surface area contributed by atoms with Crippen molar-refractivity contribution in [2.24, 2.45) is 16.7 Å². The second kappa shape index (κ2) is 7.84. The maximum absolute atomic E-state index is 14.0. The number of aryl methyl sites for hydroxylation is 1. The number of rotatable bonds is 6. The first-order chi connectivity index (χ1) is 15.8. The lowest BCUT2D eigenvalue weighted by molar-refractivity contribution is -0.132. The van der Waals surface area contributed by atoms with Gasteiger partial charge in [0.15, 0.2) is 0 Å². The summed E-state index contributed by atoms with van der Waals surface area (Å²) in [5.74, 6) is 0.0672. The highest BCUT2D eigenvalue weighted by atomic mass is 16.3. The summed E-state index contributed by atoms with van der Waals surface area (Å²) in [4.78, 5) is 27.9. The number of para-hydroxylation sites is 1. The van der Waals surface area contributed by atoms with E-state index in [1.54, 1.807) is 10.0 Å². The molecular weight excluding hydrogens is 412 g/mol. The third-order valence-electron chi connectivity index (χ3n) is 8.65. The molecule has 1 aliphatic heterocycles. The number of carbonyl (C=O) groups excluding carboxylic acids is 2. The second-order valence-electron chi connectivity index (χ2n) is 10.3. The summed E-state index contributed by atoms with van der Waals surface area (Å²) in [5, 5.41) is 14.1. The smallest absolute Gasteiger partial charge is 0.271 e. The minimum Gasteiger partial charge on any atom is -0.388 e. The van der Waals surface area contributed by atoms with Gasteiger partial charge in [0.05, 0.1) is 23.2 Å². The van der Waals surface area contributed by atoms with Gasteiger partial charge in [0.25, 0.3) is 11.8 Å². The van der Waals surface area contributed by atoms with Crippen molar-refractivity contribution in [3.8, 4) is 0 Å². The number of hydrazine groups is 1. The molecule has 5 heteroatoms. The van der Waals surface area contributed by atoms with Crippen molar-refractivity contribution in [3.63, 3.8) is 0 Å². The molecule has 3 fully saturated rings. The molecule has 2 aromatic carbocycles. The van der Waals surface area contributed by atoms with E-state index in [1.165, 1.54) is 0 Å². The molecule has 2 bridgehead atoms. The first-order valence-electron chi connectivity index (χ1n) is 11.9. The van der Waals surface area contributed by atoms with Crippen molar-refractivity contribution in [2.75, 3.05) is 5.01 Å². The first-order valence-corrected chi connectivity index (χ1v) is 11.9. The molecule has 5 nitrogen and oxygen atoms in total. The lowest BCUT2D eigenvalue weighted by atomic mass is 9.67. The van der Waals surface area contributed by atoms with Crippen molar-refractivity contribution >= 4 is 17.5 Å². The van der Waals surface area contributed by atoms with Crippen LogP contribution in [0.3, 0.4) is 0 Å². The van der Waals surface area contributed by atoms with Gasteiger partial charge in [0.1, 0.15) is 0 Å². The summed E-state index contributed by atoms with van der Waals surface area (Å²) in [6.45, 7) is 8.36. The van der Waals surface area contributed by atoms with Gasteiger partial charge in [0, 0.05) is 5.57 Å². The zero-order valence-corrected chi connectivity index (χ0v) is 19.4. The Hall–Kier alpha value is -2.92. The molecule has 3 unspecified atom stereocenters. The van der Waals surface area contributed by atoms with Gasteiger partial charge in [0.2, 0.25) is 0 Å². The molecule has 2 saturated carbocycles. The van der Waals surface area contributed by atoms with Gasteiger partial charge in [-0.05, 0) is 61.1 Å². The van der Waals surface area contributed by atoms with E-state index in [1.807, 2.05) is 60.7 Å². The molecule has 5 rings (SSSR count). The van der Waals surface area contributed by atoms with Crippen LogP contribution in [-0.4, -0.2) is 34.1 Å². The monoisotopic (exact) mass is 444 g/mol. The van der Waals surface area contributed by atoms with Gasteiger partial charge in [-0.2, -0.15) is 0 Å². The zero-order valence-electron chi connectivity index (χ0n) is 19.4. The van der Waals surface area contributed by atoms with Crippen LogP contribution in [0.25, 0.3) is 0 Å². The SMILES string of the molecule is C=C(C(=O)N1C2CC3CCC2(C(=O)N1c1ccccc1)C3(C)C)[C@H](O)CCc1ccccc1. The van der Waals surface area contributed by atoms with Crippen LogP contribution >= 0.6 is 0 Å². The van der Waals surface area contributed by atoms with Crippen LogP contribution in [0.1, 0.15) is 45.1 Å². The maximum Gasteiger partial charge on any atom is 0.271 e. The summed E-state index contributed by atoms with van der Waals surface area (Å²) >= 11 is 0. The minimum atomic E-state index is -0.964. The highest BCUT2D eigenvalue weighted by molar-refractivity contribution is 6.08. The summed E-state index contributed by atoms with van der Waals surface area (Å²) < 4.78 is 0. The molecule has 2 aromatic rings. The Labute approximate surface area is 195 Å². The second-order valence-corrected chi connectivity index (χ2v) is 10.3. The van der Waals surface area contributed by atoms with Crippen molar-refractivity contribution in [2.45, 2.75) is 58.1 Å². The van der Waals surface area contributed by atoms with E-state index in [-0.39, 0.29) is 28.8 Å². The molecule has 1 heterocycles. The van der Waals surface area contributed by atoms with Crippen LogP contribution < -0.4 is 5.01 Å². The Morgan fingerprint density at radius 2 is 1.76 bits per heavy atom. The Bertz CT molecular complexity index is 1080. The molecule has 3 aliphatic rings. The molecular formula is C28H32N2O3. The number of fused-ring (bicyclic) bond motifs is 1. The van der Waals surface area contributed by atoms with E-state index in [9.17, 15) is 14.7 Å². The standard InChI is InChI=1S/C28H32N2O3/c1-19(23(31)15-14-20-10-6-4-7-11-20)25(32)30-24-18-21-16-17-28(24,27(21,2)3)26(33)29(30)22-12-8-5-9-13-22/h4-13,21,23-24,31H,1,14-18H2,2-3H3/t21?,23-,24?,28?/m1/s1. The van der Waals surface area contributed by atoms with Crippen molar-refractivity contribution in [3.05, 3.63) is 78.4 Å². The quantitative estimate of drug-likeness (QED) is 0.667. The van der Waals surface area contributed by atoms with Gasteiger partial charge in [-0.1, -0.05) is 69.0 Å². The van der Waals surface area contributed by atoms with E-state index >= 15 is 0 Å². The zero-order chi connectivity index (χ0) is 23.4. The number of anilines is 1. The number of carbonyl (C=O) groups is 2. The molecule has 172 valence electrons. The summed E-state index contributed by atoms with van der Waals surface area (Å²) in [5.41, 5.74) is 1.18. The molecule has 4 atom stereocenters. The fourth-order valence-corrected chi connectivity index (χ4v) is 6.64. The van der Waals surface area contributed by atoms with Gasteiger partial charge in [-0.15, -0.1) is 0 Å². The van der Waals surface area contributed by atoms with Crippen molar-refractivity contribution in [1.82, 2.24) is 5.01 Å². The predicted molar refractivity (Wildman–Crippen MR) is 128 cm³/mol. The Morgan fingerprint density at radius 3 is 2.39 bits per heavy atom. The van der Waals surface area contributed by atoms with Gasteiger partial charge in [-0.25, -0.2) is 10.0 Å². The van der Waals surface area contributed by atoms with E-state index in [4.69, 9.17) is 0 Å². The molecule has 2 aliphatic carbocycles. The number of nitrogens with zero attached hydrogens (tertiary/aromatic N) is 2. The molecule has 1 saturated heterocycles. The number of hydrogen-bond donors (Lipinski definition) is 1. The van der Waals surface area contributed by atoms with Crippen LogP contribution in [-0.2, 0) is 16.0 Å². The Morgan fingerprint density at radius 1 is 1.12 bits per heavy atom. The Balaban J connectivity index is 1.45. The van der Waals surface area contributed by atoms with Crippen molar-refractivity contribution < 1.29 is 14.7 Å². The number of benzene rings is 2. The number of aliphatic hydroxyl groups excluding tert-OH is 1. The number of aliphatic hydroxyl groups is 1. The maximum atomic E-state index is 14.0. The highest BCUT2D eigenvalue weighted by Gasteiger charge is 2.75. The van der Waals surface area contributed by atoms with E-state index in [0.717, 1.165) is 24.8 Å². The molecule has 1 spiro atoms. The lowest BCUT2D eigenvalue weighted by Gasteiger charge is -2.35. The van der Waals surface area contributed by atoms with Gasteiger partial charge >= 0.3 is 0 Å². The Kier molecular flexibility index (Phi) is 5.20. The predicted octanol–water partition coefficient (Wildman–Crippen LogP) is 4.52. The van der Waals surface area contributed by atoms with E-state index < -0.39 is 11.5 Å². The fraction of sp³-hybridized carbons (Fsp3) is 0.429. The number of hydrogen-bond acceptors (Lipinski definition) is 3. The fourth-order valence-electron chi connectivity index (χ4n) is 6.64. The van der Waals surface area contributed by atoms with Crippen LogP contribution in [0, 0.1) is 16.7 Å². The molecule has 0 radical (unpaired) electrons. The molecule has 2 amide bonds. The summed E-state index contributed by atoms with van der Waals surface area (Å²) in [6, 6.07) is 19.1. The topological polar surface area (TPSA) is 60.9 Å².